The van der Waals surface area contributed by atoms with Gasteiger partial charge >= 0.3 is 0 Å². The first-order valence-corrected chi connectivity index (χ1v) is 6.20. The second kappa shape index (κ2) is 7.20. The molecule has 0 fully saturated rings. The maximum Gasteiger partial charge on any atom is 0.0791 e. The third-order valence-corrected chi connectivity index (χ3v) is 2.58. The van der Waals surface area contributed by atoms with Crippen molar-refractivity contribution in [2.45, 2.75) is 0 Å². The summed E-state index contributed by atoms with van der Waals surface area (Å²) in [5.41, 5.74) is 3.12. The molecular weight excluding hydrogens is 232 g/mol. The van der Waals surface area contributed by atoms with Crippen molar-refractivity contribution >= 4 is 6.08 Å². The highest BCUT2D eigenvalue weighted by molar-refractivity contribution is 5.59. The van der Waals surface area contributed by atoms with Gasteiger partial charge in [0.1, 0.15) is 0 Å². The van der Waals surface area contributed by atoms with Crippen LogP contribution in [-0.2, 0) is 4.74 Å². The van der Waals surface area contributed by atoms with E-state index in [4.69, 9.17) is 4.74 Å². The Labute approximate surface area is 114 Å². The number of benzene rings is 2. The van der Waals surface area contributed by atoms with Crippen molar-refractivity contribution in [3.8, 4) is 11.8 Å². The predicted molar refractivity (Wildman–Crippen MR) is 79.6 cm³/mol. The first-order valence-electron chi connectivity index (χ1n) is 6.20. The highest BCUT2D eigenvalue weighted by atomic mass is 16.5. The zero-order chi connectivity index (χ0) is 13.3. The van der Waals surface area contributed by atoms with E-state index in [1.54, 1.807) is 7.11 Å². The lowest BCUT2D eigenvalue weighted by Gasteiger charge is -1.99. The zero-order valence-corrected chi connectivity index (χ0v) is 11.0. The van der Waals surface area contributed by atoms with Gasteiger partial charge in [-0.15, -0.1) is 0 Å². The molecule has 0 N–H and O–H groups in total. The summed E-state index contributed by atoms with van der Waals surface area (Å²) in [5.74, 6) is 6.32. The summed E-state index contributed by atoms with van der Waals surface area (Å²) in [6, 6.07) is 20.1. The van der Waals surface area contributed by atoms with Crippen molar-refractivity contribution in [3.05, 3.63) is 77.4 Å². The van der Waals surface area contributed by atoms with Crippen LogP contribution in [0.25, 0.3) is 6.08 Å². The van der Waals surface area contributed by atoms with Gasteiger partial charge in [-0.25, -0.2) is 0 Å². The molecule has 19 heavy (non-hydrogen) atoms. The van der Waals surface area contributed by atoms with Crippen LogP contribution in [0.4, 0.5) is 0 Å². The summed E-state index contributed by atoms with van der Waals surface area (Å²) in [6.07, 6.45) is 2.06. The van der Waals surface area contributed by atoms with E-state index in [-0.39, 0.29) is 0 Å². The molecular formula is C18H16O. The summed E-state index contributed by atoms with van der Waals surface area (Å²) in [7, 11) is 1.68. The normalized spacial score (nSPS) is 10.7. The lowest BCUT2D eigenvalue weighted by molar-refractivity contribution is 0.229. The van der Waals surface area contributed by atoms with Gasteiger partial charge in [0.2, 0.25) is 0 Å². The SMILES string of the molecule is COC/C(C#Cc1ccccc1)=C/c1ccccc1. The number of hydrogen-bond acceptors (Lipinski definition) is 1. The van der Waals surface area contributed by atoms with Gasteiger partial charge in [0.05, 0.1) is 6.61 Å². The number of ether oxygens (including phenoxy) is 1. The lowest BCUT2D eigenvalue weighted by Crippen LogP contribution is -1.92. The van der Waals surface area contributed by atoms with Crippen molar-refractivity contribution in [2.24, 2.45) is 0 Å². The molecule has 0 amide bonds. The van der Waals surface area contributed by atoms with E-state index >= 15 is 0 Å². The van der Waals surface area contributed by atoms with Gasteiger partial charge in [-0.1, -0.05) is 60.4 Å². The molecule has 0 aromatic heterocycles. The molecule has 0 aliphatic heterocycles. The van der Waals surface area contributed by atoms with Gasteiger partial charge in [-0.05, 0) is 23.8 Å². The molecule has 0 bridgehead atoms. The number of rotatable bonds is 3. The monoisotopic (exact) mass is 248 g/mol. The van der Waals surface area contributed by atoms with Gasteiger partial charge in [-0.2, -0.15) is 0 Å². The molecule has 0 heterocycles. The van der Waals surface area contributed by atoms with E-state index in [0.29, 0.717) is 6.61 Å². The fourth-order valence-electron chi connectivity index (χ4n) is 1.69. The highest BCUT2D eigenvalue weighted by Crippen LogP contribution is 2.06. The Bertz CT molecular complexity index is 586. The summed E-state index contributed by atoms with van der Waals surface area (Å²) >= 11 is 0. The molecule has 2 aromatic rings. The van der Waals surface area contributed by atoms with Crippen LogP contribution in [0.15, 0.2) is 66.2 Å². The molecule has 0 saturated heterocycles. The summed E-state index contributed by atoms with van der Waals surface area (Å²) in [4.78, 5) is 0. The van der Waals surface area contributed by atoms with Gasteiger partial charge in [-0.3, -0.25) is 0 Å². The molecule has 2 aromatic carbocycles. The van der Waals surface area contributed by atoms with Crippen LogP contribution in [0.3, 0.4) is 0 Å². The first kappa shape index (κ1) is 13.1. The zero-order valence-electron chi connectivity index (χ0n) is 11.0. The van der Waals surface area contributed by atoms with Crippen LogP contribution in [0.1, 0.15) is 11.1 Å². The van der Waals surface area contributed by atoms with Crippen LogP contribution in [0.5, 0.6) is 0 Å². The Morgan fingerprint density at radius 1 is 1.00 bits per heavy atom. The van der Waals surface area contributed by atoms with E-state index in [1.807, 2.05) is 48.5 Å². The average molecular weight is 248 g/mol. The van der Waals surface area contributed by atoms with Gasteiger partial charge in [0.25, 0.3) is 0 Å². The number of hydrogen-bond donors (Lipinski definition) is 0. The quantitative estimate of drug-likeness (QED) is 0.751. The predicted octanol–water partition coefficient (Wildman–Crippen LogP) is 3.77. The average Bonchev–Trinajstić information content (AvgIpc) is 2.47. The Balaban J connectivity index is 2.22. The smallest absolute Gasteiger partial charge is 0.0791 e. The van der Waals surface area contributed by atoms with Crippen LogP contribution in [0, 0.1) is 11.8 Å². The molecule has 0 aliphatic rings. The molecule has 0 saturated carbocycles. The van der Waals surface area contributed by atoms with Gasteiger partial charge in [0.15, 0.2) is 0 Å². The second-order valence-electron chi connectivity index (χ2n) is 4.13. The van der Waals surface area contributed by atoms with E-state index in [2.05, 4.69) is 30.0 Å². The fraction of sp³-hybridized carbons (Fsp3) is 0.111. The topological polar surface area (TPSA) is 9.23 Å². The van der Waals surface area contributed by atoms with Crippen molar-refractivity contribution in [3.63, 3.8) is 0 Å². The summed E-state index contributed by atoms with van der Waals surface area (Å²) in [5, 5.41) is 0. The van der Waals surface area contributed by atoms with E-state index in [9.17, 15) is 0 Å². The third-order valence-electron chi connectivity index (χ3n) is 2.58. The molecule has 94 valence electrons. The van der Waals surface area contributed by atoms with Crippen LogP contribution >= 0.6 is 0 Å². The van der Waals surface area contributed by atoms with E-state index in [1.165, 1.54) is 0 Å². The maximum atomic E-state index is 5.19. The molecule has 1 heteroatoms. The molecule has 0 unspecified atom stereocenters. The Hall–Kier alpha value is -2.30. The fourth-order valence-corrected chi connectivity index (χ4v) is 1.69. The Kier molecular flexibility index (Phi) is 4.98. The molecule has 0 radical (unpaired) electrons. The summed E-state index contributed by atoms with van der Waals surface area (Å²) < 4.78 is 5.19. The third kappa shape index (κ3) is 4.46. The standard InChI is InChI=1S/C18H16O/c1-19-15-18(14-17-10-6-3-7-11-17)13-12-16-8-4-2-5-9-16/h2-11,14H,15H2,1H3/b18-14+. The lowest BCUT2D eigenvalue weighted by atomic mass is 10.1. The van der Waals surface area contributed by atoms with Gasteiger partial charge in [0, 0.05) is 18.2 Å². The minimum Gasteiger partial charge on any atom is -0.379 e. The minimum atomic E-state index is 0.523. The Morgan fingerprint density at radius 2 is 1.63 bits per heavy atom. The first-order chi connectivity index (χ1) is 9.38. The Morgan fingerprint density at radius 3 is 2.26 bits per heavy atom. The molecule has 0 aliphatic carbocycles. The van der Waals surface area contributed by atoms with Crippen molar-refractivity contribution in [1.29, 1.82) is 0 Å². The van der Waals surface area contributed by atoms with Crippen LogP contribution < -0.4 is 0 Å². The molecule has 2 rings (SSSR count). The van der Waals surface area contributed by atoms with Crippen molar-refractivity contribution < 1.29 is 4.74 Å². The van der Waals surface area contributed by atoms with Gasteiger partial charge < -0.3 is 4.74 Å². The van der Waals surface area contributed by atoms with Crippen molar-refractivity contribution in [2.75, 3.05) is 13.7 Å². The van der Waals surface area contributed by atoms with E-state index < -0.39 is 0 Å². The minimum absolute atomic E-state index is 0.523. The van der Waals surface area contributed by atoms with Crippen molar-refractivity contribution in [1.82, 2.24) is 0 Å². The largest absolute Gasteiger partial charge is 0.379 e. The second-order valence-corrected chi connectivity index (χ2v) is 4.13. The van der Waals surface area contributed by atoms with Crippen LogP contribution in [0.2, 0.25) is 0 Å². The molecule has 1 nitrogen and oxygen atoms in total. The van der Waals surface area contributed by atoms with Crippen LogP contribution in [-0.4, -0.2) is 13.7 Å². The number of methoxy groups -OCH3 is 1. The molecule has 0 spiro atoms. The van der Waals surface area contributed by atoms with E-state index in [0.717, 1.165) is 16.7 Å². The molecule has 0 atom stereocenters. The summed E-state index contributed by atoms with van der Waals surface area (Å²) in [6.45, 7) is 0.523. The maximum absolute atomic E-state index is 5.19. The highest BCUT2D eigenvalue weighted by Gasteiger charge is 1.93.